The van der Waals surface area contributed by atoms with Crippen molar-refractivity contribution in [3.8, 4) is 0 Å². The molecule has 0 bridgehead atoms. The van der Waals surface area contributed by atoms with Crippen molar-refractivity contribution in [3.05, 3.63) is 64.9 Å². The fourth-order valence-corrected chi connectivity index (χ4v) is 2.32. The second-order valence-electron chi connectivity index (χ2n) is 5.69. The standard InChI is InChI=1S/C19H18ClFN2O3/c1-12(19(26)23-16-5-3-2-4-15(16)21)22-18(25)11-10-17(24)13-6-8-14(20)9-7-13/h2-9,12H,10-11H2,1H3,(H,22,25)(H,23,26). The van der Waals surface area contributed by atoms with Crippen LogP contribution in [0.2, 0.25) is 5.02 Å². The highest BCUT2D eigenvalue weighted by atomic mass is 35.5. The van der Waals surface area contributed by atoms with Gasteiger partial charge < -0.3 is 10.6 Å². The number of hydrogen-bond acceptors (Lipinski definition) is 3. The van der Waals surface area contributed by atoms with Gasteiger partial charge in [-0.2, -0.15) is 0 Å². The number of ketones is 1. The average molecular weight is 377 g/mol. The summed E-state index contributed by atoms with van der Waals surface area (Å²) >= 11 is 5.76. The first-order chi connectivity index (χ1) is 12.4. The van der Waals surface area contributed by atoms with E-state index in [-0.39, 0.29) is 24.3 Å². The van der Waals surface area contributed by atoms with Gasteiger partial charge in [-0.05, 0) is 43.3 Å². The zero-order valence-electron chi connectivity index (χ0n) is 14.1. The smallest absolute Gasteiger partial charge is 0.246 e. The van der Waals surface area contributed by atoms with Gasteiger partial charge >= 0.3 is 0 Å². The molecule has 2 rings (SSSR count). The number of rotatable bonds is 7. The number of Topliss-reactive ketones (excluding diaryl/α,β-unsaturated/α-hetero) is 1. The first kappa shape index (κ1) is 19.6. The van der Waals surface area contributed by atoms with Crippen molar-refractivity contribution < 1.29 is 18.8 Å². The Morgan fingerprint density at radius 2 is 1.69 bits per heavy atom. The zero-order chi connectivity index (χ0) is 19.1. The van der Waals surface area contributed by atoms with E-state index in [0.717, 1.165) is 0 Å². The third-order valence-corrected chi connectivity index (χ3v) is 3.90. The van der Waals surface area contributed by atoms with Gasteiger partial charge in [0.1, 0.15) is 11.9 Å². The van der Waals surface area contributed by atoms with Crippen LogP contribution < -0.4 is 10.6 Å². The van der Waals surface area contributed by atoms with E-state index in [1.54, 1.807) is 30.3 Å². The monoisotopic (exact) mass is 376 g/mol. The second kappa shape index (κ2) is 9.10. The van der Waals surface area contributed by atoms with Gasteiger partial charge in [-0.25, -0.2) is 4.39 Å². The summed E-state index contributed by atoms with van der Waals surface area (Å²) in [4.78, 5) is 36.0. The third-order valence-electron chi connectivity index (χ3n) is 3.65. The van der Waals surface area contributed by atoms with Crippen molar-refractivity contribution in [1.29, 1.82) is 0 Å². The molecule has 0 aliphatic heterocycles. The molecule has 136 valence electrons. The van der Waals surface area contributed by atoms with Crippen LogP contribution in [0, 0.1) is 5.82 Å². The Labute approximate surface area is 155 Å². The van der Waals surface area contributed by atoms with Crippen LogP contribution in [-0.4, -0.2) is 23.6 Å². The van der Waals surface area contributed by atoms with Gasteiger partial charge in [0.25, 0.3) is 0 Å². The molecule has 0 spiro atoms. The molecule has 0 saturated carbocycles. The molecule has 2 N–H and O–H groups in total. The molecule has 0 fully saturated rings. The number of carbonyl (C=O) groups excluding carboxylic acids is 3. The van der Waals surface area contributed by atoms with E-state index in [4.69, 9.17) is 11.6 Å². The molecular weight excluding hydrogens is 359 g/mol. The predicted octanol–water partition coefficient (Wildman–Crippen LogP) is 3.59. The molecule has 0 aliphatic carbocycles. The van der Waals surface area contributed by atoms with Crippen molar-refractivity contribution >= 4 is 34.9 Å². The van der Waals surface area contributed by atoms with Gasteiger partial charge in [-0.1, -0.05) is 23.7 Å². The molecule has 7 heteroatoms. The molecule has 0 radical (unpaired) electrons. The number of carbonyl (C=O) groups is 3. The van der Waals surface area contributed by atoms with E-state index in [9.17, 15) is 18.8 Å². The zero-order valence-corrected chi connectivity index (χ0v) is 14.8. The Morgan fingerprint density at radius 3 is 2.35 bits per heavy atom. The van der Waals surface area contributed by atoms with E-state index >= 15 is 0 Å². The van der Waals surface area contributed by atoms with Crippen LogP contribution in [0.15, 0.2) is 48.5 Å². The lowest BCUT2D eigenvalue weighted by molar-refractivity contribution is -0.126. The number of amides is 2. The maximum absolute atomic E-state index is 13.5. The Bertz CT molecular complexity index is 809. The van der Waals surface area contributed by atoms with Crippen molar-refractivity contribution in [2.24, 2.45) is 0 Å². The van der Waals surface area contributed by atoms with Crippen molar-refractivity contribution in [3.63, 3.8) is 0 Å². The summed E-state index contributed by atoms with van der Waals surface area (Å²) in [6, 6.07) is 11.3. The minimum atomic E-state index is -0.868. The highest BCUT2D eigenvalue weighted by Crippen LogP contribution is 2.13. The molecule has 5 nitrogen and oxygen atoms in total. The summed E-state index contributed by atoms with van der Waals surface area (Å²) in [7, 11) is 0. The first-order valence-corrected chi connectivity index (χ1v) is 8.38. The largest absolute Gasteiger partial charge is 0.345 e. The van der Waals surface area contributed by atoms with Gasteiger partial charge in [0.2, 0.25) is 11.8 Å². The maximum Gasteiger partial charge on any atom is 0.246 e. The van der Waals surface area contributed by atoms with Gasteiger partial charge in [0.15, 0.2) is 5.78 Å². The lowest BCUT2D eigenvalue weighted by Gasteiger charge is -2.14. The van der Waals surface area contributed by atoms with E-state index in [2.05, 4.69) is 10.6 Å². The number of halogens is 2. The van der Waals surface area contributed by atoms with E-state index in [1.165, 1.54) is 25.1 Å². The van der Waals surface area contributed by atoms with Crippen molar-refractivity contribution in [2.45, 2.75) is 25.8 Å². The maximum atomic E-state index is 13.5. The topological polar surface area (TPSA) is 75.3 Å². The Kier molecular flexibility index (Phi) is 6.86. The molecule has 0 aromatic heterocycles. The molecule has 1 atom stereocenters. The van der Waals surface area contributed by atoms with Crippen LogP contribution in [0.4, 0.5) is 10.1 Å². The van der Waals surface area contributed by atoms with E-state index in [1.807, 2.05) is 0 Å². The van der Waals surface area contributed by atoms with Crippen molar-refractivity contribution in [1.82, 2.24) is 5.32 Å². The molecule has 2 aromatic rings. The highest BCUT2D eigenvalue weighted by molar-refractivity contribution is 6.30. The van der Waals surface area contributed by atoms with E-state index < -0.39 is 23.7 Å². The summed E-state index contributed by atoms with van der Waals surface area (Å²) in [6.45, 7) is 1.48. The van der Waals surface area contributed by atoms with Crippen LogP contribution in [0.3, 0.4) is 0 Å². The normalized spacial score (nSPS) is 11.5. The average Bonchev–Trinajstić information content (AvgIpc) is 2.62. The molecule has 2 amide bonds. The van der Waals surface area contributed by atoms with Crippen LogP contribution in [0.5, 0.6) is 0 Å². The molecule has 0 heterocycles. The molecule has 2 aromatic carbocycles. The van der Waals surface area contributed by atoms with Crippen molar-refractivity contribution in [2.75, 3.05) is 5.32 Å². The summed E-state index contributed by atoms with van der Waals surface area (Å²) in [6.07, 6.45) is -0.0477. The lowest BCUT2D eigenvalue weighted by atomic mass is 10.1. The van der Waals surface area contributed by atoms with E-state index in [0.29, 0.717) is 10.6 Å². The Morgan fingerprint density at radius 1 is 1.04 bits per heavy atom. The summed E-state index contributed by atoms with van der Waals surface area (Å²) in [5, 5.41) is 5.41. The number of para-hydroxylation sites is 1. The fraction of sp³-hybridized carbons (Fsp3) is 0.211. The number of benzene rings is 2. The van der Waals surface area contributed by atoms with Crippen LogP contribution in [0.1, 0.15) is 30.1 Å². The molecule has 26 heavy (non-hydrogen) atoms. The van der Waals surface area contributed by atoms with Gasteiger partial charge in [-0.15, -0.1) is 0 Å². The highest BCUT2D eigenvalue weighted by Gasteiger charge is 2.17. The van der Waals surface area contributed by atoms with Gasteiger partial charge in [0, 0.05) is 23.4 Å². The number of anilines is 1. The molecule has 1 unspecified atom stereocenters. The predicted molar refractivity (Wildman–Crippen MR) is 97.7 cm³/mol. The fourth-order valence-electron chi connectivity index (χ4n) is 2.19. The van der Waals surface area contributed by atoms with Crippen LogP contribution in [0.25, 0.3) is 0 Å². The minimum absolute atomic E-state index is 0.00905. The second-order valence-corrected chi connectivity index (χ2v) is 6.12. The SMILES string of the molecule is CC(NC(=O)CCC(=O)c1ccc(Cl)cc1)C(=O)Nc1ccccc1F. The van der Waals surface area contributed by atoms with Gasteiger partial charge in [0.05, 0.1) is 5.69 Å². The Balaban J connectivity index is 1.81. The molecule has 0 saturated heterocycles. The first-order valence-electron chi connectivity index (χ1n) is 8.00. The Hall–Kier alpha value is -2.73. The quantitative estimate of drug-likeness (QED) is 0.725. The lowest BCUT2D eigenvalue weighted by Crippen LogP contribution is -2.41. The van der Waals surface area contributed by atoms with Crippen LogP contribution >= 0.6 is 11.6 Å². The number of hydrogen-bond donors (Lipinski definition) is 2. The minimum Gasteiger partial charge on any atom is -0.345 e. The van der Waals surface area contributed by atoms with Gasteiger partial charge in [-0.3, -0.25) is 14.4 Å². The summed E-state index contributed by atoms with van der Waals surface area (Å²) < 4.78 is 13.5. The molecular formula is C19H18ClFN2O3. The number of nitrogens with one attached hydrogen (secondary N) is 2. The summed E-state index contributed by atoms with van der Waals surface area (Å²) in [5.74, 6) is -1.75. The summed E-state index contributed by atoms with van der Waals surface area (Å²) in [5.41, 5.74) is 0.504. The molecule has 0 aliphatic rings. The third kappa shape index (κ3) is 5.67. The van der Waals surface area contributed by atoms with Crippen LogP contribution in [-0.2, 0) is 9.59 Å².